The Morgan fingerprint density at radius 2 is 1.60 bits per heavy atom. The summed E-state index contributed by atoms with van der Waals surface area (Å²) >= 11 is 0. The maximum Gasteiger partial charge on any atom is 0.307 e. The summed E-state index contributed by atoms with van der Waals surface area (Å²) in [7, 11) is 4.16. The van der Waals surface area contributed by atoms with Gasteiger partial charge >= 0.3 is 5.97 Å². The largest absolute Gasteiger partial charge is 0.373 e. The Morgan fingerprint density at radius 1 is 1.20 bits per heavy atom. The van der Waals surface area contributed by atoms with E-state index in [1.165, 1.54) is 21.3 Å². The molecule has 0 aromatic carbocycles. The van der Waals surface area contributed by atoms with E-state index in [-0.39, 0.29) is 0 Å². The number of methoxy groups -OCH3 is 3. The molecule has 0 heterocycles. The molecule has 62 valence electrons. The van der Waals surface area contributed by atoms with E-state index in [1.54, 1.807) is 6.92 Å². The van der Waals surface area contributed by atoms with Crippen LogP contribution in [-0.2, 0) is 14.2 Å². The normalized spacial score (nSPS) is 15.3. The first kappa shape index (κ1) is 9.84. The fourth-order valence-electron chi connectivity index (χ4n) is 0.564. The van der Waals surface area contributed by atoms with Gasteiger partial charge in [-0.3, -0.25) is 0 Å². The molecule has 0 aromatic heterocycles. The van der Waals surface area contributed by atoms with Gasteiger partial charge in [0.05, 0.1) is 0 Å². The van der Waals surface area contributed by atoms with Crippen molar-refractivity contribution in [3.05, 3.63) is 0 Å². The summed E-state index contributed by atoms with van der Waals surface area (Å²) in [5, 5.41) is 9.33. The van der Waals surface area contributed by atoms with Gasteiger partial charge in [-0.15, -0.1) is 0 Å². The molecule has 0 radical (unpaired) electrons. The Labute approximate surface area is 60.7 Å². The average Bonchev–Trinajstić information content (AvgIpc) is 2.01. The Bertz CT molecular complexity index is 89.7. The first-order valence-electron chi connectivity index (χ1n) is 2.96. The van der Waals surface area contributed by atoms with Gasteiger partial charge < -0.3 is 19.3 Å². The van der Waals surface area contributed by atoms with Gasteiger partial charge in [-0.05, 0) is 6.92 Å². The van der Waals surface area contributed by atoms with Crippen LogP contribution in [0.4, 0.5) is 0 Å². The molecule has 0 aliphatic rings. The number of hydrogen-bond donors (Lipinski definition) is 1. The molecule has 1 N–H and O–H groups in total. The van der Waals surface area contributed by atoms with Crippen molar-refractivity contribution in [2.75, 3.05) is 21.3 Å². The fourth-order valence-corrected chi connectivity index (χ4v) is 0.564. The van der Waals surface area contributed by atoms with Gasteiger partial charge in [0.2, 0.25) is 0 Å². The minimum Gasteiger partial charge on any atom is -0.373 e. The van der Waals surface area contributed by atoms with E-state index in [0.717, 1.165) is 0 Å². The molecule has 0 aliphatic carbocycles. The summed E-state index contributed by atoms with van der Waals surface area (Å²) in [5.74, 6) is -1.63. The smallest absolute Gasteiger partial charge is 0.307 e. The number of hydrogen-bond acceptors (Lipinski definition) is 4. The maximum atomic E-state index is 9.33. The summed E-state index contributed by atoms with van der Waals surface area (Å²) in [6.45, 7) is 1.65. The summed E-state index contributed by atoms with van der Waals surface area (Å²) in [5.41, 5.74) is 0. The van der Waals surface area contributed by atoms with Crippen LogP contribution >= 0.6 is 0 Å². The average molecular weight is 150 g/mol. The topological polar surface area (TPSA) is 47.9 Å². The second-order valence-electron chi connectivity index (χ2n) is 1.92. The second-order valence-corrected chi connectivity index (χ2v) is 1.92. The van der Waals surface area contributed by atoms with E-state index in [0.29, 0.717) is 0 Å². The van der Waals surface area contributed by atoms with Crippen molar-refractivity contribution >= 4 is 0 Å². The van der Waals surface area contributed by atoms with E-state index in [2.05, 4.69) is 9.47 Å². The van der Waals surface area contributed by atoms with Crippen molar-refractivity contribution in [3.63, 3.8) is 0 Å². The summed E-state index contributed by atoms with van der Waals surface area (Å²) < 4.78 is 14.1. The van der Waals surface area contributed by atoms with Crippen LogP contribution in [0.25, 0.3) is 0 Å². The molecule has 0 bridgehead atoms. The predicted octanol–water partition coefficient (Wildman–Crippen LogP) is -0.0398. The van der Waals surface area contributed by atoms with Gasteiger partial charge in [-0.1, -0.05) is 0 Å². The highest BCUT2D eigenvalue weighted by Crippen LogP contribution is 2.13. The van der Waals surface area contributed by atoms with E-state index in [9.17, 15) is 5.11 Å². The van der Waals surface area contributed by atoms with Crippen LogP contribution in [-0.4, -0.2) is 38.5 Å². The standard InChI is InChI=1S/C6H14O4/c1-5(8-2)6(7,9-3)10-4/h5,7H,1-4H3. The number of aliphatic hydroxyl groups is 1. The quantitative estimate of drug-likeness (QED) is 0.571. The highest BCUT2D eigenvalue weighted by atomic mass is 16.8. The molecule has 4 nitrogen and oxygen atoms in total. The molecule has 0 saturated carbocycles. The predicted molar refractivity (Wildman–Crippen MR) is 35.4 cm³/mol. The highest BCUT2D eigenvalue weighted by molar-refractivity contribution is 4.61. The van der Waals surface area contributed by atoms with Gasteiger partial charge in [0.25, 0.3) is 0 Å². The number of rotatable bonds is 4. The molecule has 0 amide bonds. The zero-order chi connectivity index (χ0) is 8.20. The van der Waals surface area contributed by atoms with Gasteiger partial charge in [-0.25, -0.2) is 0 Å². The molecule has 0 aliphatic heterocycles. The van der Waals surface area contributed by atoms with E-state index < -0.39 is 12.1 Å². The van der Waals surface area contributed by atoms with Crippen molar-refractivity contribution < 1.29 is 19.3 Å². The Hall–Kier alpha value is -0.160. The minimum atomic E-state index is -1.63. The first-order chi connectivity index (χ1) is 4.60. The molecule has 1 unspecified atom stereocenters. The Balaban J connectivity index is 4.02. The van der Waals surface area contributed by atoms with Crippen LogP contribution in [0.15, 0.2) is 0 Å². The third-order valence-electron chi connectivity index (χ3n) is 1.45. The lowest BCUT2D eigenvalue weighted by atomic mass is 10.3. The van der Waals surface area contributed by atoms with Crippen molar-refractivity contribution in [1.29, 1.82) is 0 Å². The van der Waals surface area contributed by atoms with Crippen molar-refractivity contribution in [2.24, 2.45) is 0 Å². The van der Waals surface area contributed by atoms with Gasteiger partial charge in [0.15, 0.2) is 0 Å². The third kappa shape index (κ3) is 1.91. The summed E-state index contributed by atoms with van der Waals surface area (Å²) in [6, 6.07) is 0. The SMILES string of the molecule is COC(C)C(O)(OC)OC. The van der Waals surface area contributed by atoms with E-state index in [1.807, 2.05) is 0 Å². The van der Waals surface area contributed by atoms with Crippen LogP contribution in [0.5, 0.6) is 0 Å². The third-order valence-corrected chi connectivity index (χ3v) is 1.45. The van der Waals surface area contributed by atoms with Crippen LogP contribution in [0, 0.1) is 0 Å². The fraction of sp³-hybridized carbons (Fsp3) is 1.00. The Morgan fingerprint density at radius 3 is 1.70 bits per heavy atom. The molecule has 1 atom stereocenters. The van der Waals surface area contributed by atoms with Crippen LogP contribution in [0.2, 0.25) is 0 Å². The Kier molecular flexibility index (Phi) is 3.81. The monoisotopic (exact) mass is 150 g/mol. The summed E-state index contributed by atoms with van der Waals surface area (Å²) in [6.07, 6.45) is -0.512. The van der Waals surface area contributed by atoms with Crippen molar-refractivity contribution in [1.82, 2.24) is 0 Å². The second kappa shape index (κ2) is 3.88. The number of ether oxygens (including phenoxy) is 3. The van der Waals surface area contributed by atoms with Crippen LogP contribution < -0.4 is 0 Å². The highest BCUT2D eigenvalue weighted by Gasteiger charge is 2.34. The zero-order valence-electron chi connectivity index (χ0n) is 6.75. The van der Waals surface area contributed by atoms with E-state index in [4.69, 9.17) is 4.74 Å². The maximum absolute atomic E-state index is 9.33. The lowest BCUT2D eigenvalue weighted by Gasteiger charge is -2.28. The molecule has 0 rings (SSSR count). The zero-order valence-corrected chi connectivity index (χ0v) is 6.75. The molecule has 0 aromatic rings. The van der Waals surface area contributed by atoms with Crippen LogP contribution in [0.1, 0.15) is 6.92 Å². The van der Waals surface area contributed by atoms with Gasteiger partial charge in [0.1, 0.15) is 6.10 Å². The molecule has 4 heteroatoms. The first-order valence-corrected chi connectivity index (χ1v) is 2.96. The molecular weight excluding hydrogens is 136 g/mol. The molecular formula is C6H14O4. The molecule has 0 spiro atoms. The van der Waals surface area contributed by atoms with Crippen LogP contribution in [0.3, 0.4) is 0 Å². The lowest BCUT2D eigenvalue weighted by Crippen LogP contribution is -2.45. The molecule has 10 heavy (non-hydrogen) atoms. The lowest BCUT2D eigenvalue weighted by molar-refractivity contribution is -0.377. The molecule has 0 saturated heterocycles. The van der Waals surface area contributed by atoms with Gasteiger partial charge in [-0.2, -0.15) is 0 Å². The summed E-state index contributed by atoms with van der Waals surface area (Å²) in [4.78, 5) is 0. The van der Waals surface area contributed by atoms with Crippen molar-refractivity contribution in [3.8, 4) is 0 Å². The molecule has 0 fully saturated rings. The van der Waals surface area contributed by atoms with Crippen molar-refractivity contribution in [2.45, 2.75) is 19.0 Å². The van der Waals surface area contributed by atoms with E-state index >= 15 is 0 Å². The minimum absolute atomic E-state index is 0.512. The van der Waals surface area contributed by atoms with Gasteiger partial charge in [0, 0.05) is 21.3 Å².